The van der Waals surface area contributed by atoms with Gasteiger partial charge in [0.15, 0.2) is 5.82 Å². The predicted octanol–water partition coefficient (Wildman–Crippen LogP) is 6.22. The molecule has 3 N–H and O–H groups in total. The lowest BCUT2D eigenvalue weighted by Gasteiger charge is -2.30. The van der Waals surface area contributed by atoms with Crippen LogP contribution < -0.4 is 24.8 Å². The lowest BCUT2D eigenvalue weighted by Crippen LogP contribution is -2.58. The highest BCUT2D eigenvalue weighted by Crippen LogP contribution is 2.46. The average molecular weight is 883 g/mol. The molecule has 3 aliphatic carbocycles. The monoisotopic (exact) mass is 882 g/mol. The van der Waals surface area contributed by atoms with Crippen molar-refractivity contribution in [2.45, 2.75) is 139 Å². The molecule has 4 fully saturated rings. The fraction of sp³-hybridized carbons (Fsp3) is 0.522. The molecule has 9 rings (SSSR count). The number of hydrogen-bond donors (Lipinski definition) is 3. The van der Waals surface area contributed by atoms with E-state index in [1.54, 1.807) is 0 Å². The molecule has 334 valence electrons. The third-order valence-electron chi connectivity index (χ3n) is 12.7. The molecule has 0 unspecified atom stereocenters. The van der Waals surface area contributed by atoms with E-state index in [-0.39, 0.29) is 43.1 Å². The van der Waals surface area contributed by atoms with E-state index < -0.39 is 68.7 Å². The number of rotatable bonds is 10. The first-order valence-corrected chi connectivity index (χ1v) is 23.9. The Balaban J connectivity index is 1.05. The molecule has 63 heavy (non-hydrogen) atoms. The molecule has 3 saturated carbocycles. The molecule has 0 bridgehead atoms. The summed E-state index contributed by atoms with van der Waals surface area (Å²) in [6, 6.07) is 12.6. The topological polar surface area (TPSA) is 208 Å². The number of allylic oxidation sites excluding steroid dienone is 1. The number of fused-ring (bicyclic) bond motifs is 5. The minimum absolute atomic E-state index is 0.0131. The number of ether oxygens (including phenoxy) is 3. The zero-order valence-corrected chi connectivity index (χ0v) is 36.4. The number of nitrogens with one attached hydrogen (secondary N) is 3. The summed E-state index contributed by atoms with van der Waals surface area (Å²) < 4.78 is 52.8. The molecule has 0 radical (unpaired) electrons. The maximum atomic E-state index is 14.8. The summed E-state index contributed by atoms with van der Waals surface area (Å²) in [5.41, 5.74) is 0.521. The largest absolute Gasteiger partial charge is 0.491 e. The van der Waals surface area contributed by atoms with E-state index in [4.69, 9.17) is 28.6 Å². The Morgan fingerprint density at radius 2 is 1.70 bits per heavy atom. The summed E-state index contributed by atoms with van der Waals surface area (Å²) in [5.74, 6) is -1.25. The zero-order valence-electron chi connectivity index (χ0n) is 35.5. The first-order chi connectivity index (χ1) is 30.4. The highest BCUT2D eigenvalue weighted by atomic mass is 32.2. The van der Waals surface area contributed by atoms with E-state index in [1.807, 2.05) is 74.5 Å². The summed E-state index contributed by atoms with van der Waals surface area (Å²) >= 11 is 0. The van der Waals surface area contributed by atoms with Gasteiger partial charge in [0.05, 0.1) is 17.9 Å². The molecular weight excluding hydrogens is 829 g/mol. The van der Waals surface area contributed by atoms with Crippen LogP contribution in [0.25, 0.3) is 33.5 Å². The molecule has 5 aliphatic rings. The summed E-state index contributed by atoms with van der Waals surface area (Å²) in [6.07, 6.45) is 9.76. The Morgan fingerprint density at radius 3 is 2.46 bits per heavy atom. The number of benzene rings is 2. The van der Waals surface area contributed by atoms with Crippen molar-refractivity contribution in [3.05, 3.63) is 60.7 Å². The number of sulfonamides is 1. The van der Waals surface area contributed by atoms with Crippen molar-refractivity contribution in [1.29, 1.82) is 0 Å². The Kier molecular flexibility index (Phi) is 11.8. The van der Waals surface area contributed by atoms with E-state index in [0.29, 0.717) is 60.3 Å². The molecule has 4 aromatic rings. The Labute approximate surface area is 365 Å². The van der Waals surface area contributed by atoms with Crippen molar-refractivity contribution in [3.63, 3.8) is 0 Å². The van der Waals surface area contributed by atoms with Crippen molar-refractivity contribution in [2.24, 2.45) is 5.92 Å². The molecule has 2 aromatic carbocycles. The molecule has 2 aromatic heterocycles. The second kappa shape index (κ2) is 17.5. The summed E-state index contributed by atoms with van der Waals surface area (Å²) in [7, 11) is -3.93. The Bertz CT molecular complexity index is 2530. The van der Waals surface area contributed by atoms with Gasteiger partial charge in [-0.25, -0.2) is 18.2 Å². The molecule has 4 amide bonds. The van der Waals surface area contributed by atoms with E-state index >= 15 is 0 Å². The molecule has 17 heteroatoms. The maximum absolute atomic E-state index is 14.8. The average Bonchev–Trinajstić information content (AvgIpc) is 4.06. The molecule has 4 heterocycles. The highest BCUT2D eigenvalue weighted by Gasteiger charge is 2.62. The third kappa shape index (κ3) is 9.20. The number of nitrogens with zero attached hydrogens (tertiary/aromatic N) is 3. The number of alkyl carbamates (subject to hydrolysis) is 1. The second-order valence-corrected chi connectivity index (χ2v) is 19.8. The number of carbonyl (C=O) groups is 4. The van der Waals surface area contributed by atoms with Gasteiger partial charge in [0, 0.05) is 23.3 Å². The van der Waals surface area contributed by atoms with Gasteiger partial charge in [0.25, 0.3) is 11.8 Å². The molecule has 1 saturated heterocycles. The van der Waals surface area contributed by atoms with E-state index in [0.717, 1.165) is 43.9 Å². The van der Waals surface area contributed by atoms with Crippen molar-refractivity contribution in [3.8, 4) is 23.0 Å². The Hall–Kier alpha value is -5.71. The van der Waals surface area contributed by atoms with Crippen molar-refractivity contribution < 1.29 is 46.2 Å². The Morgan fingerprint density at radius 1 is 0.937 bits per heavy atom. The van der Waals surface area contributed by atoms with Gasteiger partial charge in [-0.3, -0.25) is 19.1 Å². The van der Waals surface area contributed by atoms with E-state index in [2.05, 4.69) is 15.4 Å². The van der Waals surface area contributed by atoms with Crippen molar-refractivity contribution >= 4 is 55.9 Å². The maximum Gasteiger partial charge on any atom is 0.408 e. The number of carbonyl (C=O) groups excluding carboxylic acids is 4. The van der Waals surface area contributed by atoms with Gasteiger partial charge >= 0.3 is 6.09 Å². The molecule has 0 spiro atoms. The quantitative estimate of drug-likeness (QED) is 0.152. The van der Waals surface area contributed by atoms with Gasteiger partial charge in [-0.05, 0) is 114 Å². The number of para-hydroxylation sites is 1. The highest BCUT2D eigenvalue weighted by molar-refractivity contribution is 7.91. The summed E-state index contributed by atoms with van der Waals surface area (Å²) in [5, 5.41) is 5.84. The van der Waals surface area contributed by atoms with Crippen LogP contribution in [0.15, 0.2) is 65.1 Å². The predicted molar refractivity (Wildman–Crippen MR) is 232 cm³/mol. The summed E-state index contributed by atoms with van der Waals surface area (Å²) in [4.78, 5) is 67.8. The second-order valence-electron chi connectivity index (χ2n) is 17.8. The van der Waals surface area contributed by atoms with Crippen LogP contribution in [0.5, 0.6) is 11.6 Å². The minimum atomic E-state index is -3.93. The van der Waals surface area contributed by atoms with Gasteiger partial charge in [0.2, 0.25) is 27.4 Å². The van der Waals surface area contributed by atoms with Crippen LogP contribution in [0, 0.1) is 5.92 Å². The van der Waals surface area contributed by atoms with Crippen LogP contribution in [-0.2, 0) is 29.1 Å². The molecule has 5 atom stereocenters. The normalized spacial score (nSPS) is 26.3. The van der Waals surface area contributed by atoms with Crippen molar-refractivity contribution in [2.75, 3.05) is 6.54 Å². The van der Waals surface area contributed by atoms with Crippen molar-refractivity contribution in [1.82, 2.24) is 30.2 Å². The third-order valence-corrected chi connectivity index (χ3v) is 14.5. The van der Waals surface area contributed by atoms with Gasteiger partial charge in [-0.15, -0.1) is 0 Å². The summed E-state index contributed by atoms with van der Waals surface area (Å²) in [6.45, 7) is 3.82. The van der Waals surface area contributed by atoms with Gasteiger partial charge in [-0.2, -0.15) is 4.98 Å². The molecular formula is C46H54N6O10S. The fourth-order valence-electron chi connectivity index (χ4n) is 9.07. The van der Waals surface area contributed by atoms with Crippen LogP contribution in [0.3, 0.4) is 0 Å². The zero-order chi connectivity index (χ0) is 43.9. The van der Waals surface area contributed by atoms with E-state index in [1.165, 1.54) is 4.90 Å². The first-order valence-electron chi connectivity index (χ1n) is 22.3. The van der Waals surface area contributed by atoms with E-state index in [9.17, 15) is 27.6 Å². The molecule has 16 nitrogen and oxygen atoms in total. The smallest absolute Gasteiger partial charge is 0.408 e. The van der Waals surface area contributed by atoms with Gasteiger partial charge in [0.1, 0.15) is 46.7 Å². The van der Waals surface area contributed by atoms with Gasteiger partial charge < -0.3 is 34.2 Å². The van der Waals surface area contributed by atoms with Crippen LogP contribution >= 0.6 is 0 Å². The van der Waals surface area contributed by atoms with Crippen LogP contribution in [0.1, 0.15) is 97.3 Å². The van der Waals surface area contributed by atoms with Crippen LogP contribution in [0.2, 0.25) is 0 Å². The number of amides is 4. The first kappa shape index (κ1) is 42.6. The van der Waals surface area contributed by atoms with Gasteiger partial charge in [-0.1, -0.05) is 37.1 Å². The lowest BCUT2D eigenvalue weighted by atomic mass is 10.0. The SMILES string of the molecule is CC(C)Oc1ccc(-c2nc(O[C@@H]3C[C@H]4C(=O)N[C@]5(C(=O)NS(=O)(=O)C6CC6)C[C@H]5/C=C\CCCCC[C@H](NC(=O)OC5CCCC5)C(=O)N4C3)c3oc4ccccc4c3n2)cc1. The standard InChI is InChI=1S/C46H54N6O10S/c1-27(2)59-31-20-18-28(19-21-31)40-48-38-34-15-10-11-17-37(34)62-39(38)42(49-40)60-32-24-36-41(53)50-46(44(55)51-63(57,58)33-22-23-33)25-29(46)12-6-4-3-5-7-16-35(43(54)52(36)26-32)47-45(56)61-30-13-8-9-14-30/h6,10-12,15,17-21,27,29-30,32-33,35-36H,3-5,7-9,13-14,16,22-26H2,1-2H3,(H,47,56)(H,50,53)(H,51,55)/b12-6-/t29-,32-,35+,36+,46-/m1/s1. The number of furan rings is 1. The lowest BCUT2D eigenvalue weighted by molar-refractivity contribution is -0.141. The molecule has 2 aliphatic heterocycles. The van der Waals surface area contributed by atoms with Crippen LogP contribution in [0.4, 0.5) is 4.79 Å². The number of hydrogen-bond acceptors (Lipinski definition) is 12. The van der Waals surface area contributed by atoms with Crippen LogP contribution in [-0.4, -0.2) is 94.8 Å². The fourth-order valence-corrected chi connectivity index (χ4v) is 10.4. The minimum Gasteiger partial charge on any atom is -0.491 e. The number of aromatic nitrogens is 2.